The van der Waals surface area contributed by atoms with Gasteiger partial charge in [0.15, 0.2) is 16.6 Å². The van der Waals surface area contributed by atoms with Crippen LogP contribution in [-0.4, -0.2) is 23.3 Å². The molecule has 0 saturated heterocycles. The van der Waals surface area contributed by atoms with E-state index >= 15 is 0 Å². The van der Waals surface area contributed by atoms with E-state index in [-0.39, 0.29) is 5.06 Å². The first-order valence-electron chi connectivity index (χ1n) is 5.80. The maximum absolute atomic E-state index is 9.58. The molecule has 0 spiro atoms. The van der Waals surface area contributed by atoms with E-state index in [0.29, 0.717) is 18.9 Å². The van der Waals surface area contributed by atoms with Gasteiger partial charge in [0.2, 0.25) is 0 Å². The summed E-state index contributed by atoms with van der Waals surface area (Å²) >= 11 is 1.27. The molecule has 3 rings (SSSR count). The predicted octanol–water partition coefficient (Wildman–Crippen LogP) is 2.99. The Hall–Kier alpha value is -1.75. The molecule has 1 aliphatic rings. The maximum atomic E-state index is 9.58. The molecule has 1 aromatic heterocycles. The largest absolute Gasteiger partial charge is 0.498 e. The number of nitrogens with zero attached hydrogens (tertiary/aromatic N) is 1. The van der Waals surface area contributed by atoms with Gasteiger partial charge >= 0.3 is 0 Å². The molecular weight excluding hydrogens is 250 g/mol. The SMILES string of the molecule is Cc1nc(-c2ccc3c(c2)OCCCO3)sc1O. The van der Waals surface area contributed by atoms with Crippen molar-refractivity contribution in [3.8, 4) is 27.1 Å². The molecule has 0 saturated carbocycles. The van der Waals surface area contributed by atoms with Crippen molar-refractivity contribution in [2.45, 2.75) is 13.3 Å². The molecule has 0 bridgehead atoms. The van der Waals surface area contributed by atoms with Crippen molar-refractivity contribution < 1.29 is 14.6 Å². The zero-order valence-corrected chi connectivity index (χ0v) is 10.8. The summed E-state index contributed by atoms with van der Waals surface area (Å²) in [6.07, 6.45) is 0.890. The smallest absolute Gasteiger partial charge is 0.195 e. The van der Waals surface area contributed by atoms with E-state index in [2.05, 4.69) is 4.98 Å². The number of benzene rings is 1. The second-order valence-corrected chi connectivity index (χ2v) is 5.10. The summed E-state index contributed by atoms with van der Waals surface area (Å²) < 4.78 is 11.2. The third-order valence-electron chi connectivity index (χ3n) is 2.77. The molecule has 1 aliphatic heterocycles. The van der Waals surface area contributed by atoms with Gasteiger partial charge in [-0.15, -0.1) is 0 Å². The highest BCUT2D eigenvalue weighted by Gasteiger charge is 2.14. The van der Waals surface area contributed by atoms with Crippen LogP contribution in [0.5, 0.6) is 16.6 Å². The second kappa shape index (κ2) is 4.49. The molecule has 1 N–H and O–H groups in total. The lowest BCUT2D eigenvalue weighted by atomic mass is 10.2. The van der Waals surface area contributed by atoms with Gasteiger partial charge in [-0.3, -0.25) is 0 Å². The third kappa shape index (κ3) is 2.01. The van der Waals surface area contributed by atoms with Crippen molar-refractivity contribution in [2.75, 3.05) is 13.2 Å². The number of ether oxygens (including phenoxy) is 2. The molecule has 1 aromatic carbocycles. The van der Waals surface area contributed by atoms with Crippen LogP contribution in [0.25, 0.3) is 10.6 Å². The standard InChI is InChI=1S/C13H13NO3S/c1-8-13(15)18-12(14-8)9-3-4-10-11(7-9)17-6-2-5-16-10/h3-4,7,15H,2,5-6H2,1H3. The molecule has 0 atom stereocenters. The molecule has 0 radical (unpaired) electrons. The van der Waals surface area contributed by atoms with Crippen molar-refractivity contribution >= 4 is 11.3 Å². The first kappa shape index (κ1) is 11.3. The Morgan fingerprint density at radius 1 is 1.22 bits per heavy atom. The average Bonchev–Trinajstić information content (AvgIpc) is 2.60. The minimum atomic E-state index is 0.261. The van der Waals surface area contributed by atoms with Crippen molar-refractivity contribution in [1.29, 1.82) is 0 Å². The van der Waals surface area contributed by atoms with E-state index in [1.54, 1.807) is 6.92 Å². The van der Waals surface area contributed by atoms with Crippen LogP contribution in [0.3, 0.4) is 0 Å². The molecule has 94 valence electrons. The Kier molecular flexibility index (Phi) is 2.83. The monoisotopic (exact) mass is 263 g/mol. The lowest BCUT2D eigenvalue weighted by molar-refractivity contribution is 0.297. The fourth-order valence-electron chi connectivity index (χ4n) is 1.81. The summed E-state index contributed by atoms with van der Waals surface area (Å²) in [5, 5.41) is 10.6. The molecular formula is C13H13NO3S. The zero-order chi connectivity index (χ0) is 12.5. The first-order valence-corrected chi connectivity index (χ1v) is 6.62. The van der Waals surface area contributed by atoms with E-state index in [1.807, 2.05) is 18.2 Å². The van der Waals surface area contributed by atoms with E-state index in [1.165, 1.54) is 11.3 Å². The van der Waals surface area contributed by atoms with E-state index in [4.69, 9.17) is 9.47 Å². The molecule has 2 aromatic rings. The van der Waals surface area contributed by atoms with Crippen LogP contribution in [0.4, 0.5) is 0 Å². The lowest BCUT2D eigenvalue weighted by Gasteiger charge is -2.07. The lowest BCUT2D eigenvalue weighted by Crippen LogP contribution is -1.97. The normalized spacial score (nSPS) is 14.3. The van der Waals surface area contributed by atoms with Crippen molar-refractivity contribution in [1.82, 2.24) is 4.98 Å². The van der Waals surface area contributed by atoms with E-state index in [9.17, 15) is 5.11 Å². The van der Waals surface area contributed by atoms with Gasteiger partial charge in [-0.2, -0.15) is 0 Å². The highest BCUT2D eigenvalue weighted by molar-refractivity contribution is 7.16. The molecule has 0 unspecified atom stereocenters. The van der Waals surface area contributed by atoms with Gasteiger partial charge in [-0.25, -0.2) is 4.98 Å². The van der Waals surface area contributed by atoms with Crippen molar-refractivity contribution in [2.24, 2.45) is 0 Å². The molecule has 2 heterocycles. The molecule has 4 nitrogen and oxygen atoms in total. The quantitative estimate of drug-likeness (QED) is 0.859. The Bertz CT molecular complexity index is 560. The van der Waals surface area contributed by atoms with Crippen LogP contribution in [0.15, 0.2) is 18.2 Å². The van der Waals surface area contributed by atoms with Crippen LogP contribution < -0.4 is 9.47 Å². The number of fused-ring (bicyclic) bond motifs is 1. The third-order valence-corrected chi connectivity index (χ3v) is 3.78. The van der Waals surface area contributed by atoms with Gasteiger partial charge in [0, 0.05) is 12.0 Å². The van der Waals surface area contributed by atoms with Crippen LogP contribution in [0.1, 0.15) is 12.1 Å². The highest BCUT2D eigenvalue weighted by atomic mass is 32.1. The molecule has 0 aliphatic carbocycles. The molecule has 5 heteroatoms. The number of aryl methyl sites for hydroxylation is 1. The molecule has 0 amide bonds. The number of rotatable bonds is 1. The second-order valence-electron chi connectivity index (χ2n) is 4.12. The number of aromatic nitrogens is 1. The summed E-state index contributed by atoms with van der Waals surface area (Å²) in [4.78, 5) is 4.32. The number of thiazole rings is 1. The fraction of sp³-hybridized carbons (Fsp3) is 0.308. The summed E-state index contributed by atoms with van der Waals surface area (Å²) in [5.74, 6) is 1.52. The highest BCUT2D eigenvalue weighted by Crippen LogP contribution is 2.37. The number of hydrogen-bond acceptors (Lipinski definition) is 5. The van der Waals surface area contributed by atoms with Gasteiger partial charge in [0.25, 0.3) is 0 Å². The Morgan fingerprint density at radius 2 is 2.00 bits per heavy atom. The summed E-state index contributed by atoms with van der Waals surface area (Å²) in [7, 11) is 0. The minimum Gasteiger partial charge on any atom is -0.498 e. The van der Waals surface area contributed by atoms with Gasteiger partial charge in [-0.05, 0) is 25.1 Å². The maximum Gasteiger partial charge on any atom is 0.195 e. The van der Waals surface area contributed by atoms with E-state index in [0.717, 1.165) is 28.5 Å². The predicted molar refractivity (Wildman–Crippen MR) is 69.6 cm³/mol. The van der Waals surface area contributed by atoms with Crippen LogP contribution in [-0.2, 0) is 0 Å². The summed E-state index contributed by atoms with van der Waals surface area (Å²) in [6.45, 7) is 3.14. The van der Waals surface area contributed by atoms with Crippen molar-refractivity contribution in [3.63, 3.8) is 0 Å². The van der Waals surface area contributed by atoms with E-state index < -0.39 is 0 Å². The molecule has 0 fully saturated rings. The molecule has 18 heavy (non-hydrogen) atoms. The average molecular weight is 263 g/mol. The van der Waals surface area contributed by atoms with Crippen LogP contribution >= 0.6 is 11.3 Å². The summed E-state index contributed by atoms with van der Waals surface area (Å²) in [5.41, 5.74) is 1.59. The summed E-state index contributed by atoms with van der Waals surface area (Å²) in [6, 6.07) is 5.74. The van der Waals surface area contributed by atoms with Crippen LogP contribution in [0, 0.1) is 6.92 Å². The van der Waals surface area contributed by atoms with Gasteiger partial charge in [0.1, 0.15) is 5.01 Å². The van der Waals surface area contributed by atoms with Crippen LogP contribution in [0.2, 0.25) is 0 Å². The minimum absolute atomic E-state index is 0.261. The fourth-order valence-corrected chi connectivity index (χ4v) is 2.61. The Balaban J connectivity index is 2.01. The number of aromatic hydroxyl groups is 1. The van der Waals surface area contributed by atoms with Gasteiger partial charge in [-0.1, -0.05) is 11.3 Å². The topological polar surface area (TPSA) is 51.6 Å². The first-order chi connectivity index (χ1) is 8.74. The zero-order valence-electron chi connectivity index (χ0n) is 9.97. The number of hydrogen-bond donors (Lipinski definition) is 1. The Labute approximate surface area is 109 Å². The van der Waals surface area contributed by atoms with Gasteiger partial charge < -0.3 is 14.6 Å². The Morgan fingerprint density at radius 3 is 2.72 bits per heavy atom. The van der Waals surface area contributed by atoms with Crippen molar-refractivity contribution in [3.05, 3.63) is 23.9 Å². The van der Waals surface area contributed by atoms with Gasteiger partial charge in [0.05, 0.1) is 18.9 Å².